The Balaban J connectivity index is 0.00000264. The van der Waals surface area contributed by atoms with Crippen molar-refractivity contribution < 1.29 is 26.0 Å². The minimum atomic E-state index is -4.94. The molecule has 0 aliphatic carbocycles. The third-order valence-corrected chi connectivity index (χ3v) is 5.53. The molecule has 132 valence electrons. The summed E-state index contributed by atoms with van der Waals surface area (Å²) in [7, 11) is -2.58. The van der Waals surface area contributed by atoms with Crippen LogP contribution in [0, 0.1) is 11.7 Å². The standard InChI is InChI=1S/C13H16F4N2O2S.ClH/c1-18-7-9-4-5-19(8-9)22(20,21)12-3-2-10(14)6-11(12)13(15,16)17;/h2-3,6,9,18H,4-5,7-8H2,1H3;1H. The Morgan fingerprint density at radius 2 is 2.00 bits per heavy atom. The molecular weight excluding hydrogens is 360 g/mol. The van der Waals surface area contributed by atoms with E-state index in [1.165, 1.54) is 0 Å². The Bertz CT molecular complexity index is 652. The number of nitrogens with zero attached hydrogens (tertiary/aromatic N) is 1. The number of rotatable bonds is 4. The normalized spacial score (nSPS) is 19.6. The van der Waals surface area contributed by atoms with Crippen molar-refractivity contribution in [1.29, 1.82) is 0 Å². The van der Waals surface area contributed by atoms with Crippen LogP contribution in [0.4, 0.5) is 17.6 Å². The molecular formula is C13H17ClF4N2O2S. The van der Waals surface area contributed by atoms with Crippen molar-refractivity contribution in [3.05, 3.63) is 29.6 Å². The second-order valence-corrected chi connectivity index (χ2v) is 7.12. The minimum absolute atomic E-state index is 0. The van der Waals surface area contributed by atoms with Crippen LogP contribution in [-0.2, 0) is 16.2 Å². The molecule has 1 atom stereocenters. The second-order valence-electron chi connectivity index (χ2n) is 5.21. The molecule has 0 amide bonds. The van der Waals surface area contributed by atoms with Gasteiger partial charge >= 0.3 is 6.18 Å². The van der Waals surface area contributed by atoms with Crippen molar-refractivity contribution in [3.63, 3.8) is 0 Å². The quantitative estimate of drug-likeness (QED) is 0.821. The molecule has 4 nitrogen and oxygen atoms in total. The molecule has 1 heterocycles. The van der Waals surface area contributed by atoms with Gasteiger partial charge in [-0.2, -0.15) is 17.5 Å². The first-order valence-electron chi connectivity index (χ1n) is 6.67. The van der Waals surface area contributed by atoms with Crippen molar-refractivity contribution in [2.75, 3.05) is 26.7 Å². The molecule has 1 saturated heterocycles. The van der Waals surface area contributed by atoms with E-state index in [1.807, 2.05) is 0 Å². The Hall–Kier alpha value is -0.900. The van der Waals surface area contributed by atoms with Crippen LogP contribution in [0.3, 0.4) is 0 Å². The summed E-state index contributed by atoms with van der Waals surface area (Å²) in [5.41, 5.74) is -1.47. The molecule has 2 rings (SSSR count). The van der Waals surface area contributed by atoms with E-state index < -0.39 is 32.5 Å². The monoisotopic (exact) mass is 376 g/mol. The van der Waals surface area contributed by atoms with Crippen molar-refractivity contribution in [1.82, 2.24) is 9.62 Å². The zero-order valence-corrected chi connectivity index (χ0v) is 13.9. The lowest BCUT2D eigenvalue weighted by Crippen LogP contribution is -2.32. The average molecular weight is 377 g/mol. The summed E-state index contributed by atoms with van der Waals surface area (Å²) < 4.78 is 78.0. The van der Waals surface area contributed by atoms with Crippen LogP contribution < -0.4 is 5.32 Å². The first-order chi connectivity index (χ1) is 10.2. The van der Waals surface area contributed by atoms with Gasteiger partial charge in [0.15, 0.2) is 0 Å². The maximum atomic E-state index is 13.1. The molecule has 1 fully saturated rings. The van der Waals surface area contributed by atoms with Crippen LogP contribution in [0.1, 0.15) is 12.0 Å². The van der Waals surface area contributed by atoms with Crippen molar-refractivity contribution >= 4 is 22.4 Å². The van der Waals surface area contributed by atoms with E-state index in [0.717, 1.165) is 10.4 Å². The predicted octanol–water partition coefficient (Wildman–Crippen LogP) is 2.50. The molecule has 0 aromatic heterocycles. The fourth-order valence-electron chi connectivity index (χ4n) is 2.56. The van der Waals surface area contributed by atoms with Gasteiger partial charge in [0.05, 0.1) is 10.5 Å². The van der Waals surface area contributed by atoms with Gasteiger partial charge in [-0.05, 0) is 44.1 Å². The molecule has 0 spiro atoms. The lowest BCUT2D eigenvalue weighted by atomic mass is 10.1. The largest absolute Gasteiger partial charge is 0.417 e. The van der Waals surface area contributed by atoms with Gasteiger partial charge in [0.2, 0.25) is 10.0 Å². The summed E-state index contributed by atoms with van der Waals surface area (Å²) in [4.78, 5) is -0.897. The van der Waals surface area contributed by atoms with Gasteiger partial charge in [-0.3, -0.25) is 0 Å². The summed E-state index contributed by atoms with van der Waals surface area (Å²) in [5.74, 6) is -1.07. The second kappa shape index (κ2) is 7.33. The maximum Gasteiger partial charge on any atom is 0.417 e. The summed E-state index contributed by atoms with van der Waals surface area (Å²) in [5, 5.41) is 2.91. The highest BCUT2D eigenvalue weighted by molar-refractivity contribution is 7.89. The molecule has 1 aliphatic rings. The van der Waals surface area contributed by atoms with Crippen LogP contribution in [0.15, 0.2) is 23.1 Å². The van der Waals surface area contributed by atoms with Gasteiger partial charge in [0.25, 0.3) is 0 Å². The van der Waals surface area contributed by atoms with Gasteiger partial charge < -0.3 is 5.32 Å². The predicted molar refractivity (Wildman–Crippen MR) is 79.4 cm³/mol. The molecule has 1 aromatic carbocycles. The molecule has 23 heavy (non-hydrogen) atoms. The van der Waals surface area contributed by atoms with E-state index in [-0.39, 0.29) is 37.5 Å². The van der Waals surface area contributed by atoms with Crippen molar-refractivity contribution in [3.8, 4) is 0 Å². The molecule has 1 unspecified atom stereocenters. The number of hydrogen-bond acceptors (Lipinski definition) is 3. The lowest BCUT2D eigenvalue weighted by molar-refractivity contribution is -0.140. The van der Waals surface area contributed by atoms with E-state index in [1.54, 1.807) is 7.05 Å². The number of benzene rings is 1. The highest BCUT2D eigenvalue weighted by Gasteiger charge is 2.41. The van der Waals surface area contributed by atoms with E-state index in [2.05, 4.69) is 5.32 Å². The zero-order valence-electron chi connectivity index (χ0n) is 12.2. The molecule has 10 heteroatoms. The molecule has 1 aromatic rings. The number of sulfonamides is 1. The smallest absolute Gasteiger partial charge is 0.319 e. The Kier molecular flexibility index (Phi) is 6.42. The van der Waals surface area contributed by atoms with E-state index >= 15 is 0 Å². The first kappa shape index (κ1) is 20.1. The number of alkyl halides is 3. The van der Waals surface area contributed by atoms with E-state index in [9.17, 15) is 26.0 Å². The summed E-state index contributed by atoms with van der Waals surface area (Å²) in [6.45, 7) is 0.892. The Morgan fingerprint density at radius 3 is 2.57 bits per heavy atom. The molecule has 1 aliphatic heterocycles. The van der Waals surface area contributed by atoms with E-state index in [0.29, 0.717) is 19.0 Å². The zero-order chi connectivity index (χ0) is 16.5. The molecule has 0 bridgehead atoms. The number of hydrogen-bond donors (Lipinski definition) is 1. The third kappa shape index (κ3) is 4.34. The third-order valence-electron chi connectivity index (χ3n) is 3.61. The highest BCUT2D eigenvalue weighted by Crippen LogP contribution is 2.36. The fourth-order valence-corrected chi connectivity index (χ4v) is 4.28. The topological polar surface area (TPSA) is 49.4 Å². The van der Waals surface area contributed by atoms with Gasteiger partial charge in [-0.15, -0.1) is 12.4 Å². The van der Waals surface area contributed by atoms with Crippen molar-refractivity contribution in [2.24, 2.45) is 5.92 Å². The number of nitrogens with one attached hydrogen (secondary N) is 1. The van der Waals surface area contributed by atoms with Crippen LogP contribution in [0.25, 0.3) is 0 Å². The van der Waals surface area contributed by atoms with Crippen molar-refractivity contribution in [2.45, 2.75) is 17.5 Å². The highest BCUT2D eigenvalue weighted by atomic mass is 35.5. The molecule has 1 N–H and O–H groups in total. The minimum Gasteiger partial charge on any atom is -0.319 e. The molecule has 0 radical (unpaired) electrons. The Morgan fingerprint density at radius 1 is 1.35 bits per heavy atom. The molecule has 0 saturated carbocycles. The Labute approximate surface area is 138 Å². The lowest BCUT2D eigenvalue weighted by Gasteiger charge is -2.20. The average Bonchev–Trinajstić information content (AvgIpc) is 2.87. The maximum absolute atomic E-state index is 13.1. The first-order valence-corrected chi connectivity index (χ1v) is 8.11. The summed E-state index contributed by atoms with van der Waals surface area (Å²) in [6.07, 6.45) is -4.36. The van der Waals surface area contributed by atoms with Gasteiger partial charge in [0, 0.05) is 13.1 Å². The summed E-state index contributed by atoms with van der Waals surface area (Å²) in [6, 6.07) is 1.62. The van der Waals surface area contributed by atoms with Crippen LogP contribution in [0.2, 0.25) is 0 Å². The van der Waals surface area contributed by atoms with Crippen LogP contribution >= 0.6 is 12.4 Å². The summed E-state index contributed by atoms with van der Waals surface area (Å²) >= 11 is 0. The fraction of sp³-hybridized carbons (Fsp3) is 0.538. The van der Waals surface area contributed by atoms with E-state index in [4.69, 9.17) is 0 Å². The van der Waals surface area contributed by atoms with Gasteiger partial charge in [-0.25, -0.2) is 12.8 Å². The number of halogens is 5. The van der Waals surface area contributed by atoms with Gasteiger partial charge in [-0.1, -0.05) is 0 Å². The van der Waals surface area contributed by atoms with Crippen LogP contribution in [0.5, 0.6) is 0 Å². The van der Waals surface area contributed by atoms with Gasteiger partial charge in [0.1, 0.15) is 5.82 Å². The van der Waals surface area contributed by atoms with Crippen LogP contribution in [-0.4, -0.2) is 39.4 Å². The SMILES string of the molecule is CNCC1CCN(S(=O)(=O)c2ccc(F)cc2C(F)(F)F)C1.Cl.